The summed E-state index contributed by atoms with van der Waals surface area (Å²) in [5, 5.41) is 2.68. The second kappa shape index (κ2) is 11.0. The van der Waals surface area contributed by atoms with Crippen LogP contribution in [0.3, 0.4) is 0 Å². The topological polar surface area (TPSA) is 110 Å². The Kier molecular flexibility index (Phi) is 8.03. The van der Waals surface area contributed by atoms with E-state index in [4.69, 9.17) is 4.74 Å². The minimum atomic E-state index is -3.92. The van der Waals surface area contributed by atoms with E-state index in [1.54, 1.807) is 43.3 Å². The summed E-state index contributed by atoms with van der Waals surface area (Å²) in [6, 6.07) is 18.7. The zero-order valence-corrected chi connectivity index (χ0v) is 20.5. The van der Waals surface area contributed by atoms with E-state index in [9.17, 15) is 22.8 Å². The number of hydrogen-bond donors (Lipinski definition) is 1. The lowest BCUT2D eigenvalue weighted by Gasteiger charge is -2.20. The number of ketones is 1. The Balaban J connectivity index is 1.67. The van der Waals surface area contributed by atoms with Crippen LogP contribution in [-0.4, -0.2) is 39.7 Å². The van der Waals surface area contributed by atoms with E-state index >= 15 is 0 Å². The third kappa shape index (κ3) is 6.33. The maximum atomic E-state index is 13.1. The molecule has 182 valence electrons. The highest BCUT2D eigenvalue weighted by atomic mass is 32.2. The molecule has 3 aromatic carbocycles. The van der Waals surface area contributed by atoms with Gasteiger partial charge in [0.05, 0.1) is 16.1 Å². The van der Waals surface area contributed by atoms with Crippen molar-refractivity contribution in [2.45, 2.75) is 25.2 Å². The Morgan fingerprint density at radius 1 is 0.914 bits per heavy atom. The summed E-state index contributed by atoms with van der Waals surface area (Å²) in [5.74, 6) is -1.40. The van der Waals surface area contributed by atoms with E-state index in [1.165, 1.54) is 43.4 Å². The molecule has 0 bridgehead atoms. The molecule has 9 heteroatoms. The SMILES string of the molecule is CCC(=O)Nc1ccc(C(=O)COC(=O)c2cccc(S(=O)(=O)N(C)c3ccc(C)cc3)c2)cc1. The van der Waals surface area contributed by atoms with E-state index in [0.29, 0.717) is 23.4 Å². The van der Waals surface area contributed by atoms with E-state index in [0.717, 1.165) is 9.87 Å². The van der Waals surface area contributed by atoms with Gasteiger partial charge in [-0.15, -0.1) is 0 Å². The lowest BCUT2D eigenvalue weighted by Crippen LogP contribution is -2.26. The van der Waals surface area contributed by atoms with Crippen LogP contribution in [0.5, 0.6) is 0 Å². The Morgan fingerprint density at radius 3 is 2.20 bits per heavy atom. The monoisotopic (exact) mass is 494 g/mol. The summed E-state index contributed by atoms with van der Waals surface area (Å²) in [5.41, 5.74) is 2.35. The van der Waals surface area contributed by atoms with Gasteiger partial charge in [0.1, 0.15) is 0 Å². The lowest BCUT2D eigenvalue weighted by molar-refractivity contribution is -0.115. The molecule has 0 fully saturated rings. The summed E-state index contributed by atoms with van der Waals surface area (Å²) in [6.07, 6.45) is 0.335. The van der Waals surface area contributed by atoms with Gasteiger partial charge in [-0.05, 0) is 61.5 Å². The number of aryl methyl sites for hydroxylation is 1. The summed E-state index contributed by atoms with van der Waals surface area (Å²) in [4.78, 5) is 36.3. The highest BCUT2D eigenvalue weighted by Gasteiger charge is 2.23. The molecular weight excluding hydrogens is 468 g/mol. The van der Waals surface area contributed by atoms with E-state index in [-0.39, 0.29) is 16.4 Å². The van der Waals surface area contributed by atoms with Crippen LogP contribution in [0.4, 0.5) is 11.4 Å². The van der Waals surface area contributed by atoms with Gasteiger partial charge in [-0.1, -0.05) is 30.7 Å². The van der Waals surface area contributed by atoms with Gasteiger partial charge in [-0.3, -0.25) is 13.9 Å². The smallest absolute Gasteiger partial charge is 0.338 e. The first-order chi connectivity index (χ1) is 16.6. The fourth-order valence-corrected chi connectivity index (χ4v) is 4.36. The van der Waals surface area contributed by atoms with E-state index < -0.39 is 28.4 Å². The van der Waals surface area contributed by atoms with Gasteiger partial charge in [0.2, 0.25) is 5.91 Å². The fourth-order valence-electron chi connectivity index (χ4n) is 3.12. The largest absolute Gasteiger partial charge is 0.454 e. The Bertz CT molecular complexity index is 1330. The second-order valence-electron chi connectivity index (χ2n) is 7.81. The van der Waals surface area contributed by atoms with Gasteiger partial charge in [-0.25, -0.2) is 13.2 Å². The van der Waals surface area contributed by atoms with Gasteiger partial charge in [-0.2, -0.15) is 0 Å². The van der Waals surface area contributed by atoms with Crippen molar-refractivity contribution in [1.82, 2.24) is 0 Å². The number of anilines is 2. The zero-order valence-electron chi connectivity index (χ0n) is 19.6. The maximum absolute atomic E-state index is 13.1. The Hall–Kier alpha value is -3.98. The van der Waals surface area contributed by atoms with Crippen LogP contribution >= 0.6 is 0 Å². The molecule has 0 saturated carbocycles. The number of ether oxygens (including phenoxy) is 1. The van der Waals surface area contributed by atoms with Gasteiger partial charge in [0, 0.05) is 24.7 Å². The molecule has 3 rings (SSSR count). The van der Waals surface area contributed by atoms with Crippen molar-refractivity contribution in [2.24, 2.45) is 0 Å². The maximum Gasteiger partial charge on any atom is 0.338 e. The fraction of sp³-hybridized carbons (Fsp3) is 0.192. The predicted molar refractivity (Wildman–Crippen MR) is 133 cm³/mol. The summed E-state index contributed by atoms with van der Waals surface area (Å²) < 4.78 is 32.3. The molecule has 1 N–H and O–H groups in total. The van der Waals surface area contributed by atoms with Crippen LogP contribution in [0.25, 0.3) is 0 Å². The van der Waals surface area contributed by atoms with Gasteiger partial charge in [0.25, 0.3) is 10.0 Å². The molecule has 0 heterocycles. The number of benzene rings is 3. The molecule has 1 amide bonds. The van der Waals surface area contributed by atoms with Crippen LogP contribution in [0.2, 0.25) is 0 Å². The summed E-state index contributed by atoms with van der Waals surface area (Å²) in [6.45, 7) is 3.12. The number of esters is 1. The van der Waals surface area contributed by atoms with Gasteiger partial charge >= 0.3 is 5.97 Å². The van der Waals surface area contributed by atoms with Crippen LogP contribution < -0.4 is 9.62 Å². The van der Waals surface area contributed by atoms with Crippen molar-refractivity contribution >= 4 is 39.1 Å². The molecule has 0 aromatic heterocycles. The number of sulfonamides is 1. The van der Waals surface area contributed by atoms with Crippen LogP contribution in [0.15, 0.2) is 77.7 Å². The number of nitrogens with zero attached hydrogens (tertiary/aromatic N) is 1. The number of carbonyl (C=O) groups is 3. The standard InChI is InChI=1S/C26H26N2O6S/c1-4-25(30)27-21-12-10-19(11-13-21)24(29)17-34-26(31)20-6-5-7-23(16-20)35(32,33)28(3)22-14-8-18(2)9-15-22/h5-16H,4,17H2,1-3H3,(H,27,30). The first-order valence-corrected chi connectivity index (χ1v) is 12.3. The molecule has 0 spiro atoms. The van der Waals surface area contributed by atoms with Crippen LogP contribution in [0.1, 0.15) is 39.6 Å². The van der Waals surface area contributed by atoms with E-state index in [1.807, 2.05) is 6.92 Å². The number of carbonyl (C=O) groups excluding carboxylic acids is 3. The normalized spacial score (nSPS) is 10.9. The molecule has 3 aromatic rings. The van der Waals surface area contributed by atoms with Gasteiger partial charge in [0.15, 0.2) is 12.4 Å². The zero-order chi connectivity index (χ0) is 25.6. The van der Waals surface area contributed by atoms with Crippen molar-refractivity contribution in [2.75, 3.05) is 23.3 Å². The number of hydrogen-bond acceptors (Lipinski definition) is 6. The Labute approximate surface area is 204 Å². The first kappa shape index (κ1) is 25.6. The Morgan fingerprint density at radius 2 is 1.57 bits per heavy atom. The first-order valence-electron chi connectivity index (χ1n) is 10.9. The second-order valence-corrected chi connectivity index (χ2v) is 9.78. The molecule has 0 aliphatic heterocycles. The average Bonchev–Trinajstić information content (AvgIpc) is 2.87. The van der Waals surface area contributed by atoms with Crippen molar-refractivity contribution in [1.29, 1.82) is 0 Å². The van der Waals surface area contributed by atoms with Crippen molar-refractivity contribution in [3.05, 3.63) is 89.5 Å². The number of Topliss-reactive ketones (excluding diaryl/α,β-unsaturated/α-hetero) is 1. The third-order valence-electron chi connectivity index (χ3n) is 5.27. The summed E-state index contributed by atoms with van der Waals surface area (Å²) in [7, 11) is -2.49. The van der Waals surface area contributed by atoms with Gasteiger partial charge < -0.3 is 10.1 Å². The molecule has 0 atom stereocenters. The highest BCUT2D eigenvalue weighted by Crippen LogP contribution is 2.23. The molecule has 8 nitrogen and oxygen atoms in total. The molecule has 0 unspecified atom stereocenters. The molecule has 0 aliphatic rings. The summed E-state index contributed by atoms with van der Waals surface area (Å²) >= 11 is 0. The average molecular weight is 495 g/mol. The number of rotatable bonds is 9. The van der Waals surface area contributed by atoms with Crippen LogP contribution in [-0.2, 0) is 19.6 Å². The number of amides is 1. The number of nitrogens with one attached hydrogen (secondary N) is 1. The molecule has 0 aliphatic carbocycles. The molecular formula is C26H26N2O6S. The van der Waals surface area contributed by atoms with Crippen molar-refractivity contribution < 1.29 is 27.5 Å². The van der Waals surface area contributed by atoms with Crippen LogP contribution in [0, 0.1) is 6.92 Å². The third-order valence-corrected chi connectivity index (χ3v) is 7.05. The van der Waals surface area contributed by atoms with Crippen molar-refractivity contribution in [3.8, 4) is 0 Å². The van der Waals surface area contributed by atoms with Crippen molar-refractivity contribution in [3.63, 3.8) is 0 Å². The minimum Gasteiger partial charge on any atom is -0.454 e. The highest BCUT2D eigenvalue weighted by molar-refractivity contribution is 7.92. The quantitative estimate of drug-likeness (QED) is 0.353. The molecule has 0 radical (unpaired) electrons. The molecule has 35 heavy (non-hydrogen) atoms. The van der Waals surface area contributed by atoms with E-state index in [2.05, 4.69) is 5.32 Å². The minimum absolute atomic E-state index is 0.00815. The predicted octanol–water partition coefficient (Wildman–Crippen LogP) is 4.21. The lowest BCUT2D eigenvalue weighted by atomic mass is 10.1. The molecule has 0 saturated heterocycles.